The maximum atomic E-state index is 14.0. The molecule has 2 aliphatic rings. The molecule has 308 valence electrons. The van der Waals surface area contributed by atoms with Crippen molar-refractivity contribution in [1.82, 2.24) is 0 Å². The molecule has 55 heavy (non-hydrogen) atoms. The van der Waals surface area contributed by atoms with Crippen LogP contribution in [-0.2, 0) is 39.3 Å². The Bertz CT molecular complexity index is 2100. The highest BCUT2D eigenvalue weighted by atomic mass is 32.3. The van der Waals surface area contributed by atoms with Gasteiger partial charge in [-0.1, -0.05) is 35.4 Å². The van der Waals surface area contributed by atoms with Crippen molar-refractivity contribution in [3.05, 3.63) is 70.8 Å². The standard InChI is InChI=1S/C29H24F12O10S4/c1-50-20-10-6-16(7-11-20)22-18(14-24(22,52(42,43)26(30,31)32)53(44,45)27(33,34)35)4-3-5-19-15-25(54(46,47)28(36,37)38,55(48,49)29(39,40)41)23(19)17-8-12-21(51-2)13-9-17/h6-13H,3-5,14-15H2,1-2H3. The van der Waals surface area contributed by atoms with Crippen molar-refractivity contribution in [2.75, 3.05) is 14.2 Å². The van der Waals surface area contributed by atoms with Crippen molar-refractivity contribution in [1.29, 1.82) is 0 Å². The second-order valence-electron chi connectivity index (χ2n) is 11.9. The van der Waals surface area contributed by atoms with Gasteiger partial charge in [0.1, 0.15) is 11.5 Å². The number of hydrogen-bond donors (Lipinski definition) is 0. The first kappa shape index (κ1) is 44.2. The molecule has 0 heterocycles. The van der Waals surface area contributed by atoms with Crippen molar-refractivity contribution in [3.63, 3.8) is 0 Å². The van der Waals surface area contributed by atoms with E-state index in [2.05, 4.69) is 0 Å². The van der Waals surface area contributed by atoms with Crippen LogP contribution in [-0.4, -0.2) is 78.1 Å². The van der Waals surface area contributed by atoms with E-state index in [-0.39, 0.29) is 11.5 Å². The van der Waals surface area contributed by atoms with Crippen molar-refractivity contribution in [3.8, 4) is 11.5 Å². The Balaban J connectivity index is 1.96. The highest BCUT2D eigenvalue weighted by molar-refractivity contribution is 8.12. The maximum Gasteiger partial charge on any atom is 0.499 e. The first-order valence-electron chi connectivity index (χ1n) is 14.7. The van der Waals surface area contributed by atoms with Crippen LogP contribution in [0, 0.1) is 0 Å². The zero-order chi connectivity index (χ0) is 42.2. The van der Waals surface area contributed by atoms with Crippen molar-refractivity contribution < 1.29 is 95.8 Å². The molecule has 0 aromatic heterocycles. The summed E-state index contributed by atoms with van der Waals surface area (Å²) in [6.45, 7) is 0. The molecule has 0 unspecified atom stereocenters. The summed E-state index contributed by atoms with van der Waals surface area (Å²) in [6, 6.07) is 6.61. The molecule has 0 aliphatic heterocycles. The van der Waals surface area contributed by atoms with Gasteiger partial charge in [0.25, 0.3) is 39.3 Å². The normalized spacial score (nSPS) is 18.4. The highest BCUT2D eigenvalue weighted by Gasteiger charge is 2.79. The number of ether oxygens (including phenoxy) is 2. The maximum absolute atomic E-state index is 14.0. The monoisotopic (exact) mass is 888 g/mol. The molecule has 10 nitrogen and oxygen atoms in total. The lowest BCUT2D eigenvalue weighted by atomic mass is 9.77. The van der Waals surface area contributed by atoms with Gasteiger partial charge in [0.15, 0.2) is 0 Å². The summed E-state index contributed by atoms with van der Waals surface area (Å²) < 4.78 is 270. The van der Waals surface area contributed by atoms with E-state index >= 15 is 0 Å². The number of rotatable bonds is 12. The quantitative estimate of drug-likeness (QED) is 0.203. The third kappa shape index (κ3) is 6.37. The molecule has 0 fully saturated rings. The summed E-state index contributed by atoms with van der Waals surface area (Å²) in [7, 11) is -27.1. The molecule has 0 saturated carbocycles. The molecule has 0 bridgehead atoms. The molecule has 0 spiro atoms. The first-order chi connectivity index (χ1) is 24.7. The number of methoxy groups -OCH3 is 2. The molecular weight excluding hydrogens is 865 g/mol. The Labute approximate surface area is 304 Å². The van der Waals surface area contributed by atoms with Crippen LogP contribution in [0.3, 0.4) is 0 Å². The third-order valence-electron chi connectivity index (χ3n) is 9.03. The van der Waals surface area contributed by atoms with Crippen LogP contribution < -0.4 is 9.47 Å². The molecule has 0 amide bonds. The van der Waals surface area contributed by atoms with Gasteiger partial charge in [-0.2, -0.15) is 52.7 Å². The highest BCUT2D eigenvalue weighted by Crippen LogP contribution is 2.63. The topological polar surface area (TPSA) is 155 Å². The predicted molar refractivity (Wildman–Crippen MR) is 168 cm³/mol. The number of hydrogen-bond acceptors (Lipinski definition) is 10. The van der Waals surface area contributed by atoms with Crippen molar-refractivity contribution in [2.24, 2.45) is 0 Å². The van der Waals surface area contributed by atoms with Crippen LogP contribution in [0.1, 0.15) is 43.2 Å². The minimum Gasteiger partial charge on any atom is -0.497 e. The predicted octanol–water partition coefficient (Wildman–Crippen LogP) is 7.02. The summed E-state index contributed by atoms with van der Waals surface area (Å²) in [6.07, 6.45) is -6.43. The van der Waals surface area contributed by atoms with Crippen LogP contribution in [0.4, 0.5) is 52.7 Å². The minimum atomic E-state index is -7.31. The number of halogens is 12. The van der Waals surface area contributed by atoms with Crippen LogP contribution in [0.2, 0.25) is 0 Å². The fraction of sp³-hybridized carbons (Fsp3) is 0.448. The van der Waals surface area contributed by atoms with E-state index < -0.39 is 135 Å². The van der Waals surface area contributed by atoms with Gasteiger partial charge >= 0.3 is 22.0 Å². The van der Waals surface area contributed by atoms with E-state index in [9.17, 15) is 86.4 Å². The Morgan fingerprint density at radius 2 is 0.709 bits per heavy atom. The summed E-state index contributed by atoms with van der Waals surface area (Å²) >= 11 is 0. The van der Waals surface area contributed by atoms with Crippen molar-refractivity contribution in [2.45, 2.75) is 62.3 Å². The molecule has 0 N–H and O–H groups in total. The zero-order valence-corrected chi connectivity index (χ0v) is 30.7. The average molecular weight is 889 g/mol. The van der Waals surface area contributed by atoms with Crippen LogP contribution >= 0.6 is 0 Å². The molecule has 2 aromatic rings. The minimum absolute atomic E-state index is 0.0812. The SMILES string of the molecule is COc1ccc(C2=C(CCCC3=C(c4ccc(OC)cc4)C(S(=O)(=O)C(F)(F)F)(S(=O)(=O)C(F)(F)F)C3)CC2(S(=O)(=O)C(F)(F)F)S(=O)(=O)C(F)(F)F)cc1. The van der Waals surface area contributed by atoms with Gasteiger partial charge < -0.3 is 9.47 Å². The Hall–Kier alpha value is -3.52. The van der Waals surface area contributed by atoms with Gasteiger partial charge in [-0.05, 0) is 65.8 Å². The van der Waals surface area contributed by atoms with E-state index in [1.807, 2.05) is 0 Å². The van der Waals surface area contributed by atoms with Crippen molar-refractivity contribution >= 4 is 50.5 Å². The molecule has 0 saturated heterocycles. The lowest BCUT2D eigenvalue weighted by Crippen LogP contribution is -2.61. The number of benzene rings is 2. The Kier molecular flexibility index (Phi) is 10.9. The molecule has 0 atom stereocenters. The second-order valence-corrected chi connectivity index (χ2v) is 21.1. The lowest BCUT2D eigenvalue weighted by Gasteiger charge is -2.46. The van der Waals surface area contributed by atoms with Gasteiger partial charge in [0.2, 0.25) is 8.16 Å². The fourth-order valence-electron chi connectivity index (χ4n) is 6.50. The van der Waals surface area contributed by atoms with E-state index in [4.69, 9.17) is 9.47 Å². The van der Waals surface area contributed by atoms with E-state index in [0.29, 0.717) is 0 Å². The molecule has 2 aromatic carbocycles. The number of allylic oxidation sites excluding steroid dienone is 2. The van der Waals surface area contributed by atoms with E-state index in [0.717, 1.165) is 62.8 Å². The molecule has 26 heteroatoms. The molecule has 0 radical (unpaired) electrons. The third-order valence-corrected chi connectivity index (χ3v) is 19.0. The van der Waals surface area contributed by atoms with Crippen LogP contribution in [0.5, 0.6) is 11.5 Å². The van der Waals surface area contributed by atoms with Gasteiger partial charge in [-0.25, -0.2) is 33.7 Å². The summed E-state index contributed by atoms with van der Waals surface area (Å²) in [5.41, 5.74) is -32.4. The van der Waals surface area contributed by atoms with E-state index in [1.165, 1.54) is 0 Å². The summed E-state index contributed by atoms with van der Waals surface area (Å²) in [5, 5.41) is 0. The largest absolute Gasteiger partial charge is 0.499 e. The van der Waals surface area contributed by atoms with Crippen LogP contribution in [0.15, 0.2) is 59.7 Å². The fourth-order valence-corrected chi connectivity index (χ4v) is 15.0. The summed E-state index contributed by atoms with van der Waals surface area (Å²) in [4.78, 5) is 0. The van der Waals surface area contributed by atoms with E-state index in [1.54, 1.807) is 0 Å². The lowest BCUT2D eigenvalue weighted by molar-refractivity contribution is -0.0497. The average Bonchev–Trinajstić information content (AvgIpc) is 3.01. The Morgan fingerprint density at radius 1 is 0.473 bits per heavy atom. The van der Waals surface area contributed by atoms with Gasteiger partial charge in [-0.3, -0.25) is 0 Å². The van der Waals surface area contributed by atoms with Gasteiger partial charge in [-0.15, -0.1) is 0 Å². The second kappa shape index (κ2) is 13.6. The van der Waals surface area contributed by atoms with Gasteiger partial charge in [0, 0.05) is 12.8 Å². The van der Waals surface area contributed by atoms with Gasteiger partial charge in [0.05, 0.1) is 14.2 Å². The zero-order valence-electron chi connectivity index (χ0n) is 27.4. The molecular formula is C29H24F12O10S4. The Morgan fingerprint density at radius 3 is 0.909 bits per heavy atom. The summed E-state index contributed by atoms with van der Waals surface area (Å²) in [5.74, 6) is -0.162. The number of sulfone groups is 4. The number of alkyl halides is 12. The molecule has 2 aliphatic carbocycles. The van der Waals surface area contributed by atoms with Crippen LogP contribution in [0.25, 0.3) is 11.1 Å². The molecule has 4 rings (SSSR count). The first-order valence-corrected chi connectivity index (χ1v) is 20.7. The smallest absolute Gasteiger partial charge is 0.497 e.